The molecular weight excluding hydrogens is 445 g/mol. The van der Waals surface area contributed by atoms with Crippen LogP contribution in [0.25, 0.3) is 0 Å². The van der Waals surface area contributed by atoms with Gasteiger partial charge in [0.1, 0.15) is 5.82 Å². The predicted molar refractivity (Wildman–Crippen MR) is 113 cm³/mol. The van der Waals surface area contributed by atoms with Gasteiger partial charge in [-0.1, -0.05) is 5.57 Å². The number of fused-ring (bicyclic) bond motifs is 1. The monoisotopic (exact) mass is 471 g/mol. The highest BCUT2D eigenvalue weighted by Crippen LogP contribution is 2.55. The van der Waals surface area contributed by atoms with Crippen molar-refractivity contribution in [3.63, 3.8) is 0 Å². The molecule has 11 heteroatoms. The molecule has 0 spiro atoms. The summed E-state index contributed by atoms with van der Waals surface area (Å²) in [6.07, 6.45) is -2.26. The minimum absolute atomic E-state index is 0.0910. The molecule has 33 heavy (non-hydrogen) atoms. The van der Waals surface area contributed by atoms with Crippen molar-refractivity contribution in [1.82, 2.24) is 15.2 Å². The van der Waals surface area contributed by atoms with E-state index in [0.717, 1.165) is 62.4 Å². The fourth-order valence-corrected chi connectivity index (χ4v) is 4.70. The van der Waals surface area contributed by atoms with Crippen LogP contribution in [-0.4, -0.2) is 60.9 Å². The molecule has 2 heterocycles. The summed E-state index contributed by atoms with van der Waals surface area (Å²) in [5, 5.41) is 11.0. The Morgan fingerprint density at radius 3 is 2.79 bits per heavy atom. The van der Waals surface area contributed by atoms with Gasteiger partial charge in [0.05, 0.1) is 24.4 Å². The Bertz CT molecular complexity index is 966. The van der Waals surface area contributed by atoms with Gasteiger partial charge >= 0.3 is 6.18 Å². The Morgan fingerprint density at radius 1 is 1.33 bits per heavy atom. The van der Waals surface area contributed by atoms with Crippen molar-refractivity contribution in [2.75, 3.05) is 38.6 Å². The van der Waals surface area contributed by atoms with Gasteiger partial charge in [-0.3, -0.25) is 4.90 Å². The Hall–Kier alpha value is -2.53. The van der Waals surface area contributed by atoms with Gasteiger partial charge in [-0.25, -0.2) is 13.8 Å². The maximum absolute atomic E-state index is 13.2. The molecule has 2 atom stereocenters. The highest BCUT2D eigenvalue weighted by molar-refractivity contribution is 6.07. The average Bonchev–Trinajstić information content (AvgIpc) is 3.36. The van der Waals surface area contributed by atoms with Gasteiger partial charge in [0, 0.05) is 49.1 Å². The quantitative estimate of drug-likeness (QED) is 0.418. The minimum Gasteiger partial charge on any atom is -0.383 e. The van der Waals surface area contributed by atoms with Crippen molar-refractivity contribution < 1.29 is 26.7 Å². The van der Waals surface area contributed by atoms with Crippen LogP contribution in [0.2, 0.25) is 0 Å². The largest absolute Gasteiger partial charge is 0.419 e. The van der Waals surface area contributed by atoms with E-state index in [9.17, 15) is 22.0 Å². The molecule has 1 saturated heterocycles. The molecular formula is C22H26F5N5O. The highest BCUT2D eigenvalue weighted by atomic mass is 19.4. The molecule has 2 fully saturated rings. The third-order valence-electron chi connectivity index (χ3n) is 6.33. The number of rotatable bonds is 7. The van der Waals surface area contributed by atoms with E-state index < -0.39 is 30.5 Å². The number of alkyl halides is 5. The van der Waals surface area contributed by atoms with Gasteiger partial charge < -0.3 is 21.2 Å². The van der Waals surface area contributed by atoms with E-state index in [2.05, 4.69) is 15.2 Å². The maximum Gasteiger partial charge on any atom is 0.419 e. The molecule has 1 saturated carbocycles. The number of nitrogens with zero attached hydrogens (tertiary/aromatic N) is 2. The Morgan fingerprint density at radius 2 is 2.12 bits per heavy atom. The van der Waals surface area contributed by atoms with Crippen molar-refractivity contribution in [2.45, 2.75) is 37.9 Å². The average molecular weight is 471 g/mol. The van der Waals surface area contributed by atoms with Crippen molar-refractivity contribution >= 4 is 11.5 Å². The van der Waals surface area contributed by atoms with Crippen LogP contribution < -0.4 is 11.1 Å². The summed E-state index contributed by atoms with van der Waals surface area (Å²) in [6.45, 7) is 2.67. The molecule has 0 aromatic carbocycles. The van der Waals surface area contributed by atoms with Gasteiger partial charge in [0.15, 0.2) is 0 Å². The number of allylic oxidation sites excluding steroid dienone is 2. The summed E-state index contributed by atoms with van der Waals surface area (Å²) in [4.78, 5) is 5.96. The first kappa shape index (κ1) is 23.6. The summed E-state index contributed by atoms with van der Waals surface area (Å²) >= 11 is 0. The molecule has 1 aromatic rings. The molecule has 0 unspecified atom stereocenters. The number of nitrogen functional groups attached to an aromatic ring is 1. The first-order valence-electron chi connectivity index (χ1n) is 10.9. The predicted octanol–water partition coefficient (Wildman–Crippen LogP) is 3.60. The van der Waals surface area contributed by atoms with Crippen LogP contribution in [0.5, 0.6) is 0 Å². The first-order valence-corrected chi connectivity index (χ1v) is 10.9. The van der Waals surface area contributed by atoms with Crippen molar-refractivity contribution in [2.24, 2.45) is 5.92 Å². The third kappa shape index (κ3) is 5.35. The number of halogens is 5. The van der Waals surface area contributed by atoms with Crippen LogP contribution in [0, 0.1) is 11.3 Å². The molecule has 0 bridgehead atoms. The van der Waals surface area contributed by atoms with E-state index in [0.29, 0.717) is 18.3 Å². The molecule has 6 nitrogen and oxygen atoms in total. The van der Waals surface area contributed by atoms with Gasteiger partial charge in [-0.05, 0) is 37.0 Å². The lowest BCUT2D eigenvalue weighted by atomic mass is 10.0. The summed E-state index contributed by atoms with van der Waals surface area (Å²) in [7, 11) is 0. The summed E-state index contributed by atoms with van der Waals surface area (Å²) in [5.74, 6) is -0.524. The Balaban J connectivity index is 1.53. The lowest BCUT2D eigenvalue weighted by molar-refractivity contribution is -0.137. The SMILES string of the molecule is N=C(/C=C(\NCC(F)F)C1=C2C[C@@H](N3CCCOCC3)C[C@H]21)c1cnc(N)c(C(F)(F)F)c1. The zero-order valence-corrected chi connectivity index (χ0v) is 17.9. The van der Waals surface area contributed by atoms with Gasteiger partial charge in [0.2, 0.25) is 0 Å². The van der Waals surface area contributed by atoms with Gasteiger partial charge in [-0.2, -0.15) is 13.2 Å². The van der Waals surface area contributed by atoms with Crippen LogP contribution in [0.1, 0.15) is 30.4 Å². The number of nitrogens with two attached hydrogens (primary N) is 1. The second-order valence-electron chi connectivity index (χ2n) is 8.49. The van der Waals surface area contributed by atoms with Crippen LogP contribution in [0.15, 0.2) is 35.2 Å². The first-order chi connectivity index (χ1) is 15.6. The van der Waals surface area contributed by atoms with Crippen molar-refractivity contribution in [3.05, 3.63) is 46.3 Å². The van der Waals surface area contributed by atoms with E-state index in [4.69, 9.17) is 15.9 Å². The molecule has 4 N–H and O–H groups in total. The minimum atomic E-state index is -4.71. The lowest BCUT2D eigenvalue weighted by Gasteiger charge is -2.27. The van der Waals surface area contributed by atoms with Gasteiger partial charge in [-0.15, -0.1) is 0 Å². The lowest BCUT2D eigenvalue weighted by Crippen LogP contribution is -2.36. The van der Waals surface area contributed by atoms with Crippen molar-refractivity contribution in [1.29, 1.82) is 5.41 Å². The normalized spacial score (nSPS) is 24.1. The van der Waals surface area contributed by atoms with E-state index >= 15 is 0 Å². The fourth-order valence-electron chi connectivity index (χ4n) is 4.70. The molecule has 2 aliphatic carbocycles. The molecule has 3 aliphatic rings. The van der Waals surface area contributed by atoms with Crippen LogP contribution in [0.3, 0.4) is 0 Å². The number of ether oxygens (including phenoxy) is 1. The van der Waals surface area contributed by atoms with E-state index in [1.807, 2.05) is 0 Å². The number of hydrogen-bond donors (Lipinski definition) is 3. The molecule has 0 amide bonds. The number of hydrogen-bond acceptors (Lipinski definition) is 6. The second-order valence-corrected chi connectivity index (χ2v) is 8.49. The third-order valence-corrected chi connectivity index (χ3v) is 6.33. The smallest absolute Gasteiger partial charge is 0.383 e. The molecule has 4 rings (SSSR count). The molecule has 180 valence electrons. The Labute approximate surface area is 188 Å². The van der Waals surface area contributed by atoms with Crippen LogP contribution >= 0.6 is 0 Å². The van der Waals surface area contributed by atoms with Crippen molar-refractivity contribution in [3.8, 4) is 0 Å². The summed E-state index contributed by atoms with van der Waals surface area (Å²) in [6, 6.07) is 1.14. The number of pyridine rings is 1. The van der Waals surface area contributed by atoms with E-state index in [1.54, 1.807) is 0 Å². The number of anilines is 1. The standard InChI is InChI=1S/C22H26F5N5O/c23-19(24)11-30-18(9-17(28)12-6-16(22(25,26)27)21(29)31-10-12)20-14-7-13(8-15(14)20)32-2-1-4-33-5-3-32/h6,9-10,13-14,19,28,30H,1-5,7-8,11H2,(H2,29,31)/b18-9-,28-17?/t13-,14+/m0/s1. The maximum atomic E-state index is 13.2. The highest BCUT2D eigenvalue weighted by Gasteiger charge is 2.47. The van der Waals surface area contributed by atoms with E-state index in [-0.39, 0.29) is 17.2 Å². The second kappa shape index (κ2) is 9.38. The molecule has 0 radical (unpaired) electrons. The van der Waals surface area contributed by atoms with E-state index in [1.165, 1.54) is 6.08 Å². The number of nitrogens with one attached hydrogen (secondary N) is 2. The topological polar surface area (TPSA) is 87.3 Å². The number of aromatic nitrogens is 1. The molecule has 1 aliphatic heterocycles. The summed E-state index contributed by atoms with van der Waals surface area (Å²) < 4.78 is 70.7. The van der Waals surface area contributed by atoms with Crippen LogP contribution in [0.4, 0.5) is 27.8 Å². The zero-order valence-electron chi connectivity index (χ0n) is 17.9. The molecule has 1 aromatic heterocycles. The Kier molecular flexibility index (Phi) is 6.71. The van der Waals surface area contributed by atoms with Crippen LogP contribution in [-0.2, 0) is 10.9 Å². The van der Waals surface area contributed by atoms with Gasteiger partial charge in [0.25, 0.3) is 6.43 Å². The summed E-state index contributed by atoms with van der Waals surface area (Å²) in [5.41, 5.74) is 6.27. The fraction of sp³-hybridized carbons (Fsp3) is 0.545. The zero-order chi connectivity index (χ0) is 23.8.